The number of benzene rings is 6. The summed E-state index contributed by atoms with van der Waals surface area (Å²) in [5, 5.41) is 4.88. The van der Waals surface area contributed by atoms with E-state index in [4.69, 9.17) is 0 Å². The van der Waals surface area contributed by atoms with Crippen molar-refractivity contribution in [1.82, 2.24) is 4.98 Å². The molecule has 0 aliphatic carbocycles. The molecule has 7 aromatic rings. The van der Waals surface area contributed by atoms with Crippen LogP contribution in [-0.2, 0) is 0 Å². The van der Waals surface area contributed by atoms with Crippen molar-refractivity contribution in [3.8, 4) is 33.4 Å². The molecule has 0 aliphatic rings. The van der Waals surface area contributed by atoms with Crippen LogP contribution in [0, 0.1) is 0 Å². The van der Waals surface area contributed by atoms with Gasteiger partial charge in [-0.1, -0.05) is 115 Å². The Hall–Kier alpha value is -4.66. The number of hydrogen-bond acceptors (Lipinski definition) is 2. The zero-order valence-electron chi connectivity index (χ0n) is 21.3. The van der Waals surface area contributed by atoms with Crippen molar-refractivity contribution in [3.63, 3.8) is 0 Å². The smallest absolute Gasteiger partial charge is 0.0353 e. The molecular weight excluding hydrogens is 490 g/mol. The van der Waals surface area contributed by atoms with E-state index in [1.54, 1.807) is 0 Å². The highest BCUT2D eigenvalue weighted by molar-refractivity contribution is 7.99. The molecule has 0 radical (unpaired) electrons. The molecule has 39 heavy (non-hydrogen) atoms. The van der Waals surface area contributed by atoms with Crippen molar-refractivity contribution in [3.05, 3.63) is 152 Å². The van der Waals surface area contributed by atoms with Gasteiger partial charge in [0, 0.05) is 27.6 Å². The minimum atomic E-state index is 1.17. The number of hydrogen-bond donors (Lipinski definition) is 0. The Morgan fingerprint density at radius 2 is 0.923 bits per heavy atom. The lowest BCUT2D eigenvalue weighted by molar-refractivity contribution is 1.36. The summed E-state index contributed by atoms with van der Waals surface area (Å²) in [4.78, 5) is 7.10. The SMILES string of the molecule is c1ccc(Sc2c3ccccc3c(-c3cc(-c4ccccc4)cc(-c4ccccc4)c3)c3cnccc23)cc1. The third-order valence-corrected chi connectivity index (χ3v) is 8.33. The molecule has 0 bridgehead atoms. The molecule has 0 saturated carbocycles. The molecular formula is C37H25NS. The van der Waals surface area contributed by atoms with Crippen molar-refractivity contribution in [1.29, 1.82) is 0 Å². The average molecular weight is 516 g/mol. The molecule has 0 N–H and O–H groups in total. The number of pyridine rings is 1. The van der Waals surface area contributed by atoms with Crippen molar-refractivity contribution in [2.24, 2.45) is 0 Å². The lowest BCUT2D eigenvalue weighted by atomic mass is 9.88. The van der Waals surface area contributed by atoms with Crippen molar-refractivity contribution in [2.75, 3.05) is 0 Å². The molecule has 0 atom stereocenters. The van der Waals surface area contributed by atoms with Gasteiger partial charge in [-0.25, -0.2) is 0 Å². The highest BCUT2D eigenvalue weighted by atomic mass is 32.2. The Bertz CT molecular complexity index is 1800. The molecule has 1 heterocycles. The lowest BCUT2D eigenvalue weighted by Crippen LogP contribution is -1.92. The van der Waals surface area contributed by atoms with Gasteiger partial charge in [0.1, 0.15) is 0 Å². The standard InChI is InChI=1S/C37H25NS/c1-4-12-26(13-5-1)28-22-29(27-14-6-2-7-15-27)24-30(23-28)36-32-18-10-11-19-33(32)37(34-20-21-38-25-35(34)36)39-31-16-8-3-9-17-31/h1-25H. The van der Waals surface area contributed by atoms with Gasteiger partial charge in [0.15, 0.2) is 0 Å². The molecule has 0 unspecified atom stereocenters. The number of rotatable bonds is 5. The van der Waals surface area contributed by atoms with Crippen LogP contribution in [0.25, 0.3) is 54.9 Å². The van der Waals surface area contributed by atoms with Crippen LogP contribution in [0.2, 0.25) is 0 Å². The Kier molecular flexibility index (Phi) is 6.16. The van der Waals surface area contributed by atoms with E-state index in [1.165, 1.54) is 64.7 Å². The number of fused-ring (bicyclic) bond motifs is 2. The fourth-order valence-electron chi connectivity index (χ4n) is 5.37. The summed E-state index contributed by atoms with van der Waals surface area (Å²) < 4.78 is 0. The Labute approximate surface area is 232 Å². The molecule has 7 rings (SSSR count). The minimum Gasteiger partial charge on any atom is -0.264 e. The number of aromatic nitrogens is 1. The van der Waals surface area contributed by atoms with Gasteiger partial charge < -0.3 is 0 Å². The maximum atomic E-state index is 4.61. The van der Waals surface area contributed by atoms with Gasteiger partial charge in [-0.3, -0.25) is 4.98 Å². The normalized spacial score (nSPS) is 11.2. The second-order valence-electron chi connectivity index (χ2n) is 9.62. The van der Waals surface area contributed by atoms with Crippen LogP contribution in [0.4, 0.5) is 0 Å². The predicted octanol–water partition coefficient (Wildman–Crippen LogP) is 10.5. The van der Waals surface area contributed by atoms with Crippen LogP contribution >= 0.6 is 11.8 Å². The van der Waals surface area contributed by atoms with Gasteiger partial charge in [-0.05, 0) is 85.9 Å². The molecule has 184 valence electrons. The lowest BCUT2D eigenvalue weighted by Gasteiger charge is -2.18. The zero-order chi connectivity index (χ0) is 26.0. The van der Waals surface area contributed by atoms with Crippen molar-refractivity contribution in [2.45, 2.75) is 9.79 Å². The van der Waals surface area contributed by atoms with Crippen LogP contribution in [0.5, 0.6) is 0 Å². The van der Waals surface area contributed by atoms with E-state index < -0.39 is 0 Å². The van der Waals surface area contributed by atoms with E-state index >= 15 is 0 Å². The molecule has 1 nitrogen and oxygen atoms in total. The van der Waals surface area contributed by atoms with Crippen molar-refractivity contribution >= 4 is 33.3 Å². The summed E-state index contributed by atoms with van der Waals surface area (Å²) >= 11 is 1.82. The minimum absolute atomic E-state index is 1.17. The Morgan fingerprint density at radius 3 is 1.56 bits per heavy atom. The zero-order valence-corrected chi connectivity index (χ0v) is 22.1. The third kappa shape index (κ3) is 4.50. The molecule has 6 aromatic carbocycles. The highest BCUT2D eigenvalue weighted by Crippen LogP contribution is 2.46. The van der Waals surface area contributed by atoms with Crippen LogP contribution in [0.1, 0.15) is 0 Å². The second-order valence-corrected chi connectivity index (χ2v) is 10.7. The van der Waals surface area contributed by atoms with Crippen LogP contribution in [0.3, 0.4) is 0 Å². The first kappa shape index (κ1) is 23.5. The van der Waals surface area contributed by atoms with E-state index in [9.17, 15) is 0 Å². The van der Waals surface area contributed by atoms with E-state index in [-0.39, 0.29) is 0 Å². The van der Waals surface area contributed by atoms with E-state index in [0.717, 1.165) is 0 Å². The first-order valence-corrected chi connectivity index (χ1v) is 13.9. The van der Waals surface area contributed by atoms with Gasteiger partial charge in [-0.2, -0.15) is 0 Å². The Morgan fingerprint density at radius 1 is 0.410 bits per heavy atom. The van der Waals surface area contributed by atoms with Gasteiger partial charge >= 0.3 is 0 Å². The molecule has 0 fully saturated rings. The second kappa shape index (κ2) is 10.2. The van der Waals surface area contributed by atoms with Gasteiger partial charge in [0.2, 0.25) is 0 Å². The van der Waals surface area contributed by atoms with E-state index in [1.807, 2.05) is 24.2 Å². The van der Waals surface area contributed by atoms with Gasteiger partial charge in [-0.15, -0.1) is 0 Å². The Balaban J connectivity index is 1.54. The maximum Gasteiger partial charge on any atom is 0.0353 e. The van der Waals surface area contributed by atoms with Crippen LogP contribution in [-0.4, -0.2) is 4.98 Å². The topological polar surface area (TPSA) is 12.9 Å². The highest BCUT2D eigenvalue weighted by Gasteiger charge is 2.18. The molecule has 0 aliphatic heterocycles. The predicted molar refractivity (Wildman–Crippen MR) is 166 cm³/mol. The molecule has 2 heteroatoms. The molecule has 0 saturated heterocycles. The fraction of sp³-hybridized carbons (Fsp3) is 0. The third-order valence-electron chi connectivity index (χ3n) is 7.18. The average Bonchev–Trinajstić information content (AvgIpc) is 3.02. The maximum absolute atomic E-state index is 4.61. The van der Waals surface area contributed by atoms with E-state index in [2.05, 4.69) is 145 Å². The fourth-order valence-corrected chi connectivity index (χ4v) is 6.48. The summed E-state index contributed by atoms with van der Waals surface area (Å²) in [5.74, 6) is 0. The molecule has 0 amide bonds. The van der Waals surface area contributed by atoms with Crippen LogP contribution in [0.15, 0.2) is 162 Å². The summed E-state index contributed by atoms with van der Waals surface area (Å²) in [7, 11) is 0. The van der Waals surface area contributed by atoms with E-state index in [0.29, 0.717) is 0 Å². The summed E-state index contributed by atoms with van der Waals surface area (Å²) in [6.45, 7) is 0. The van der Waals surface area contributed by atoms with Gasteiger partial charge in [0.05, 0.1) is 0 Å². The summed E-state index contributed by atoms with van der Waals surface area (Å²) in [6, 6.07) is 49.9. The van der Waals surface area contributed by atoms with Crippen molar-refractivity contribution < 1.29 is 0 Å². The molecule has 1 aromatic heterocycles. The van der Waals surface area contributed by atoms with Crippen LogP contribution < -0.4 is 0 Å². The number of nitrogens with zero attached hydrogens (tertiary/aromatic N) is 1. The monoisotopic (exact) mass is 515 g/mol. The summed E-state index contributed by atoms with van der Waals surface area (Å²) in [5.41, 5.74) is 7.24. The first-order valence-electron chi connectivity index (χ1n) is 13.1. The summed E-state index contributed by atoms with van der Waals surface area (Å²) in [6.07, 6.45) is 3.94. The quantitative estimate of drug-likeness (QED) is 0.211. The first-order chi connectivity index (χ1) is 19.3. The van der Waals surface area contributed by atoms with Gasteiger partial charge in [0.25, 0.3) is 0 Å². The molecule has 0 spiro atoms. The largest absolute Gasteiger partial charge is 0.264 e.